The van der Waals surface area contributed by atoms with E-state index in [9.17, 15) is 0 Å². The number of aromatic nitrogens is 1. The molecule has 0 aliphatic rings. The van der Waals surface area contributed by atoms with E-state index in [2.05, 4.69) is 289 Å². The van der Waals surface area contributed by atoms with E-state index in [1.807, 2.05) is 0 Å². The summed E-state index contributed by atoms with van der Waals surface area (Å²) in [6, 6.07) is 102. The van der Waals surface area contributed by atoms with Crippen LogP contribution in [-0.4, -0.2) is 4.57 Å². The molecule has 0 saturated carbocycles. The van der Waals surface area contributed by atoms with Gasteiger partial charge in [-0.05, 0) is 155 Å². The van der Waals surface area contributed by atoms with Crippen LogP contribution in [0.5, 0.6) is 0 Å². The fourth-order valence-electron chi connectivity index (χ4n) is 11.4. The third kappa shape index (κ3) is 6.95. The minimum atomic E-state index is 1.08. The highest BCUT2D eigenvalue weighted by molar-refractivity contribution is 6.16. The maximum absolute atomic E-state index is 2.43. The number of rotatable bonds is 8. The zero-order valence-electron chi connectivity index (χ0n) is 39.5. The highest BCUT2D eigenvalue weighted by atomic mass is 15.1. The normalized spacial score (nSPS) is 11.6. The maximum atomic E-state index is 2.43. The van der Waals surface area contributed by atoms with Gasteiger partial charge in [0.25, 0.3) is 0 Å². The minimum absolute atomic E-state index is 1.08. The Balaban J connectivity index is 0.903. The molecule has 0 aliphatic heterocycles. The van der Waals surface area contributed by atoms with Crippen molar-refractivity contribution in [3.8, 4) is 50.2 Å². The molecule has 2 heteroatoms. The van der Waals surface area contributed by atoms with Gasteiger partial charge < -0.3 is 9.47 Å². The van der Waals surface area contributed by atoms with Crippen LogP contribution in [0.4, 0.5) is 17.1 Å². The summed E-state index contributed by atoms with van der Waals surface area (Å²) in [7, 11) is 0. The predicted octanol–water partition coefficient (Wildman–Crippen LogP) is 19.5. The summed E-state index contributed by atoms with van der Waals surface area (Å²) in [5, 5.41) is 12.6. The van der Waals surface area contributed by atoms with Gasteiger partial charge in [-0.3, -0.25) is 0 Å². The van der Waals surface area contributed by atoms with Crippen LogP contribution in [-0.2, 0) is 0 Å². The minimum Gasteiger partial charge on any atom is -0.310 e. The first-order valence-corrected chi connectivity index (χ1v) is 24.8. The van der Waals surface area contributed by atoms with Crippen molar-refractivity contribution in [2.75, 3.05) is 4.90 Å². The molecule has 0 unspecified atom stereocenters. The van der Waals surface area contributed by atoms with Crippen LogP contribution in [0.15, 0.2) is 279 Å². The number of fused-ring (bicyclic) bond motifs is 9. The van der Waals surface area contributed by atoms with Crippen molar-refractivity contribution in [2.24, 2.45) is 0 Å². The average Bonchev–Trinajstić information content (AvgIpc) is 3.80. The molecule has 0 saturated heterocycles. The third-order valence-electron chi connectivity index (χ3n) is 14.7. The molecule has 0 radical (unpaired) electrons. The fraction of sp³-hybridized carbons (Fsp3) is 0. The Hall–Kier alpha value is -9.50. The Morgan fingerprint density at radius 2 is 0.778 bits per heavy atom. The van der Waals surface area contributed by atoms with Crippen LogP contribution in [0.2, 0.25) is 0 Å². The summed E-state index contributed by atoms with van der Waals surface area (Å²) < 4.78 is 2.39. The molecule has 0 N–H and O–H groups in total. The highest BCUT2D eigenvalue weighted by Crippen LogP contribution is 2.45. The molecule has 0 aliphatic carbocycles. The second kappa shape index (κ2) is 17.2. The average molecular weight is 915 g/mol. The molecule has 14 rings (SSSR count). The van der Waals surface area contributed by atoms with Gasteiger partial charge in [0.2, 0.25) is 0 Å². The van der Waals surface area contributed by atoms with Gasteiger partial charge in [-0.25, -0.2) is 0 Å². The molecule has 336 valence electrons. The van der Waals surface area contributed by atoms with E-state index in [-0.39, 0.29) is 0 Å². The first kappa shape index (κ1) is 41.5. The van der Waals surface area contributed by atoms with E-state index >= 15 is 0 Å². The lowest BCUT2D eigenvalue weighted by Gasteiger charge is -2.28. The van der Waals surface area contributed by atoms with E-state index in [1.54, 1.807) is 0 Å². The highest BCUT2D eigenvalue weighted by Gasteiger charge is 2.21. The lowest BCUT2D eigenvalue weighted by atomic mass is 9.93. The van der Waals surface area contributed by atoms with Crippen molar-refractivity contribution in [1.29, 1.82) is 0 Å². The molecule has 72 heavy (non-hydrogen) atoms. The smallest absolute Gasteiger partial charge is 0.0547 e. The zero-order chi connectivity index (χ0) is 47.5. The molecule has 1 aromatic heterocycles. The topological polar surface area (TPSA) is 8.17 Å². The Labute approximate surface area is 418 Å². The monoisotopic (exact) mass is 914 g/mol. The van der Waals surface area contributed by atoms with Crippen molar-refractivity contribution in [1.82, 2.24) is 4.57 Å². The van der Waals surface area contributed by atoms with Crippen LogP contribution in [0.1, 0.15) is 0 Å². The molecule has 0 atom stereocenters. The summed E-state index contributed by atoms with van der Waals surface area (Å²) in [5.74, 6) is 0. The van der Waals surface area contributed by atoms with Gasteiger partial charge in [0.1, 0.15) is 0 Å². The molecule has 2 nitrogen and oxygen atoms in total. The van der Waals surface area contributed by atoms with E-state index in [4.69, 9.17) is 0 Å². The zero-order valence-corrected chi connectivity index (χ0v) is 39.5. The number of anilines is 3. The second-order valence-electron chi connectivity index (χ2n) is 18.8. The van der Waals surface area contributed by atoms with E-state index < -0.39 is 0 Å². The molecule has 0 fully saturated rings. The molecular formula is C70H46N2. The summed E-state index contributed by atoms with van der Waals surface area (Å²) in [6.45, 7) is 0. The van der Waals surface area contributed by atoms with Gasteiger partial charge in [-0.1, -0.05) is 206 Å². The van der Waals surface area contributed by atoms with Crippen molar-refractivity contribution in [2.45, 2.75) is 0 Å². The quantitative estimate of drug-likeness (QED) is 0.138. The van der Waals surface area contributed by atoms with Crippen molar-refractivity contribution in [3.05, 3.63) is 279 Å². The molecule has 0 amide bonds. The fourth-order valence-corrected chi connectivity index (χ4v) is 11.4. The number of benzene rings is 13. The standard InChI is InChI=1S/C70H46N2/c1-2-20-55(21-3-1)72-68-30-13-11-27-65(68)70-62(28-15-31-69(70)72)52-19-14-18-51(45-52)61-24-10-12-29-67(61)71(56-39-34-47(35-40-56)50-38-43-60-54(44-50)33-32-48-16-4-6-22-58(48)60)57-41-36-49(37-42-57)66-46-53-17-5-7-23-59(53)63-25-8-9-26-64(63)66/h1-46H. The number of nitrogens with zero attached hydrogens (tertiary/aromatic N) is 2. The van der Waals surface area contributed by atoms with E-state index in [1.165, 1.54) is 98.3 Å². The van der Waals surface area contributed by atoms with Crippen molar-refractivity contribution < 1.29 is 0 Å². The van der Waals surface area contributed by atoms with Crippen LogP contribution >= 0.6 is 0 Å². The van der Waals surface area contributed by atoms with Gasteiger partial charge in [-0.15, -0.1) is 0 Å². The lowest BCUT2D eigenvalue weighted by molar-refractivity contribution is 1.18. The SMILES string of the molecule is c1ccc(-n2c3ccccc3c3c(-c4cccc(-c5ccccc5N(c5ccc(-c6ccc7c(ccc8ccccc87)c6)cc5)c5ccc(-c6cc7ccccc7c7ccccc67)cc5)c4)cccc32)cc1. The Bertz CT molecular complexity index is 4370. The van der Waals surface area contributed by atoms with Crippen LogP contribution in [0.3, 0.4) is 0 Å². The number of hydrogen-bond donors (Lipinski definition) is 0. The van der Waals surface area contributed by atoms with Crippen LogP contribution in [0, 0.1) is 0 Å². The summed E-state index contributed by atoms with van der Waals surface area (Å²) in [6.07, 6.45) is 0. The van der Waals surface area contributed by atoms with Crippen molar-refractivity contribution in [3.63, 3.8) is 0 Å². The Morgan fingerprint density at radius 3 is 1.57 bits per heavy atom. The summed E-state index contributed by atoms with van der Waals surface area (Å²) in [4.78, 5) is 2.43. The second-order valence-corrected chi connectivity index (χ2v) is 18.8. The Morgan fingerprint density at radius 1 is 0.250 bits per heavy atom. The molecule has 0 spiro atoms. The van der Waals surface area contributed by atoms with Crippen LogP contribution < -0.4 is 4.90 Å². The number of para-hydroxylation sites is 3. The lowest BCUT2D eigenvalue weighted by Crippen LogP contribution is -2.11. The molecule has 1 heterocycles. The first-order chi connectivity index (χ1) is 35.7. The molecule has 14 aromatic rings. The predicted molar refractivity (Wildman–Crippen MR) is 307 cm³/mol. The van der Waals surface area contributed by atoms with Gasteiger partial charge in [-0.2, -0.15) is 0 Å². The third-order valence-corrected chi connectivity index (χ3v) is 14.7. The van der Waals surface area contributed by atoms with Gasteiger partial charge >= 0.3 is 0 Å². The Kier molecular flexibility index (Phi) is 9.89. The largest absolute Gasteiger partial charge is 0.310 e. The molecule has 13 aromatic carbocycles. The van der Waals surface area contributed by atoms with E-state index in [0.29, 0.717) is 0 Å². The molecule has 0 bridgehead atoms. The van der Waals surface area contributed by atoms with Gasteiger partial charge in [0.05, 0.1) is 16.7 Å². The summed E-state index contributed by atoms with van der Waals surface area (Å²) >= 11 is 0. The van der Waals surface area contributed by atoms with E-state index in [0.717, 1.165) is 33.9 Å². The first-order valence-electron chi connectivity index (χ1n) is 24.8. The van der Waals surface area contributed by atoms with Crippen LogP contribution in [0.25, 0.3) is 115 Å². The maximum Gasteiger partial charge on any atom is 0.0547 e. The number of hydrogen-bond acceptors (Lipinski definition) is 1. The van der Waals surface area contributed by atoms with Gasteiger partial charge in [0.15, 0.2) is 0 Å². The van der Waals surface area contributed by atoms with Gasteiger partial charge in [0, 0.05) is 33.4 Å². The molecular weight excluding hydrogens is 869 g/mol. The van der Waals surface area contributed by atoms with Crippen molar-refractivity contribution >= 4 is 82.0 Å². The summed E-state index contributed by atoms with van der Waals surface area (Å²) in [5.41, 5.74) is 16.3.